The molecule has 0 amide bonds. The minimum absolute atomic E-state index is 0.0578. The molecule has 1 aliphatic heterocycles. The molecule has 0 aromatic heterocycles. The summed E-state index contributed by atoms with van der Waals surface area (Å²) in [6.07, 6.45) is 2.23. The first kappa shape index (κ1) is 16.5. The molecular formula is C18H29NO2. The van der Waals surface area contributed by atoms with Crippen LogP contribution in [0.1, 0.15) is 39.2 Å². The predicted molar refractivity (Wildman–Crippen MR) is 86.1 cm³/mol. The van der Waals surface area contributed by atoms with Crippen molar-refractivity contribution < 1.29 is 9.84 Å². The van der Waals surface area contributed by atoms with E-state index in [1.165, 1.54) is 6.42 Å². The molecule has 3 nitrogen and oxygen atoms in total. The first-order valence-electron chi connectivity index (χ1n) is 8.02. The maximum Gasteiger partial charge on any atom is 0.0967 e. The quantitative estimate of drug-likeness (QED) is 0.876. The van der Waals surface area contributed by atoms with Crippen LogP contribution in [0.4, 0.5) is 0 Å². The number of nitrogens with one attached hydrogen (secondary N) is 1. The third-order valence-electron chi connectivity index (χ3n) is 4.67. The van der Waals surface area contributed by atoms with Crippen molar-refractivity contribution in [3.63, 3.8) is 0 Å². The maximum atomic E-state index is 9.78. The Hall–Kier alpha value is -0.900. The Morgan fingerprint density at radius 3 is 2.71 bits per heavy atom. The Bertz CT molecular complexity index is 418. The van der Waals surface area contributed by atoms with E-state index in [9.17, 15) is 5.11 Å². The summed E-state index contributed by atoms with van der Waals surface area (Å²) in [4.78, 5) is 0. The van der Waals surface area contributed by atoms with E-state index in [1.54, 1.807) is 0 Å². The summed E-state index contributed by atoms with van der Waals surface area (Å²) in [5, 5.41) is 13.4. The first-order chi connectivity index (χ1) is 10.0. The molecule has 1 saturated heterocycles. The first-order valence-corrected chi connectivity index (χ1v) is 8.02. The average molecular weight is 291 g/mol. The zero-order valence-electron chi connectivity index (χ0n) is 13.5. The smallest absolute Gasteiger partial charge is 0.0967 e. The SMILES string of the molecule is C[C@H]1CCC(C)(C)[C@H]([C@@H](CO)OCc2ccccc2)NC1. The van der Waals surface area contributed by atoms with Crippen molar-refractivity contribution in [2.24, 2.45) is 11.3 Å². The molecule has 3 heteroatoms. The number of rotatable bonds is 5. The van der Waals surface area contributed by atoms with Crippen LogP contribution in [-0.4, -0.2) is 30.4 Å². The van der Waals surface area contributed by atoms with Crippen LogP contribution in [0.5, 0.6) is 0 Å². The van der Waals surface area contributed by atoms with Crippen molar-refractivity contribution in [3.05, 3.63) is 35.9 Å². The van der Waals surface area contributed by atoms with E-state index in [4.69, 9.17) is 4.74 Å². The highest BCUT2D eigenvalue weighted by atomic mass is 16.5. The van der Waals surface area contributed by atoms with E-state index in [1.807, 2.05) is 18.2 Å². The van der Waals surface area contributed by atoms with Gasteiger partial charge in [0, 0.05) is 6.04 Å². The molecule has 0 saturated carbocycles. The van der Waals surface area contributed by atoms with Crippen molar-refractivity contribution in [1.82, 2.24) is 5.32 Å². The number of aliphatic hydroxyl groups excluding tert-OH is 1. The number of ether oxygens (including phenoxy) is 1. The Morgan fingerprint density at radius 2 is 2.05 bits per heavy atom. The van der Waals surface area contributed by atoms with Gasteiger partial charge in [0.2, 0.25) is 0 Å². The highest BCUT2D eigenvalue weighted by Crippen LogP contribution is 2.34. The summed E-state index contributed by atoms with van der Waals surface area (Å²) in [6.45, 7) is 8.44. The van der Waals surface area contributed by atoms with Gasteiger partial charge in [-0.1, -0.05) is 51.1 Å². The van der Waals surface area contributed by atoms with Gasteiger partial charge in [-0.05, 0) is 36.3 Å². The number of benzene rings is 1. The van der Waals surface area contributed by atoms with Gasteiger partial charge in [-0.3, -0.25) is 0 Å². The molecule has 1 aromatic carbocycles. The van der Waals surface area contributed by atoms with Gasteiger partial charge in [0.25, 0.3) is 0 Å². The number of hydrogen-bond donors (Lipinski definition) is 2. The number of hydrogen-bond acceptors (Lipinski definition) is 3. The molecule has 1 heterocycles. The molecule has 21 heavy (non-hydrogen) atoms. The Balaban J connectivity index is 2.01. The maximum absolute atomic E-state index is 9.78. The van der Waals surface area contributed by atoms with Crippen LogP contribution >= 0.6 is 0 Å². The molecule has 0 bridgehead atoms. The van der Waals surface area contributed by atoms with Crippen LogP contribution in [0.25, 0.3) is 0 Å². The lowest BCUT2D eigenvalue weighted by atomic mass is 9.78. The van der Waals surface area contributed by atoms with Crippen molar-refractivity contribution in [1.29, 1.82) is 0 Å². The normalized spacial score (nSPS) is 27.0. The number of aliphatic hydroxyl groups is 1. The van der Waals surface area contributed by atoms with Crippen molar-refractivity contribution in [2.75, 3.05) is 13.2 Å². The molecule has 118 valence electrons. The Labute approximate surface area is 128 Å². The molecule has 1 fully saturated rings. The van der Waals surface area contributed by atoms with Crippen LogP contribution < -0.4 is 5.32 Å². The highest BCUT2D eigenvalue weighted by Gasteiger charge is 2.37. The fourth-order valence-electron chi connectivity index (χ4n) is 3.15. The predicted octanol–water partition coefficient (Wildman–Crippen LogP) is 2.98. The fourth-order valence-corrected chi connectivity index (χ4v) is 3.15. The highest BCUT2D eigenvalue weighted by molar-refractivity contribution is 5.13. The zero-order chi connectivity index (χ0) is 15.3. The minimum Gasteiger partial charge on any atom is -0.394 e. The van der Waals surface area contributed by atoms with Gasteiger partial charge in [-0.15, -0.1) is 0 Å². The third-order valence-corrected chi connectivity index (χ3v) is 4.67. The topological polar surface area (TPSA) is 41.5 Å². The molecule has 0 radical (unpaired) electrons. The van der Waals surface area contributed by atoms with Crippen LogP contribution in [-0.2, 0) is 11.3 Å². The summed E-state index contributed by atoms with van der Waals surface area (Å²) in [6, 6.07) is 10.3. The second-order valence-corrected chi connectivity index (χ2v) is 7.04. The summed E-state index contributed by atoms with van der Waals surface area (Å²) in [5.74, 6) is 0.683. The van der Waals surface area contributed by atoms with Crippen LogP contribution in [0.2, 0.25) is 0 Å². The minimum atomic E-state index is -0.162. The fraction of sp³-hybridized carbons (Fsp3) is 0.667. The average Bonchev–Trinajstić information content (AvgIpc) is 2.61. The van der Waals surface area contributed by atoms with Crippen LogP contribution in [0.15, 0.2) is 30.3 Å². The van der Waals surface area contributed by atoms with E-state index >= 15 is 0 Å². The van der Waals surface area contributed by atoms with E-state index in [-0.39, 0.29) is 24.2 Å². The van der Waals surface area contributed by atoms with Crippen LogP contribution in [0.3, 0.4) is 0 Å². The van der Waals surface area contributed by atoms with Crippen LogP contribution in [0, 0.1) is 11.3 Å². The molecule has 2 rings (SSSR count). The van der Waals surface area contributed by atoms with Gasteiger partial charge < -0.3 is 15.2 Å². The van der Waals surface area contributed by atoms with E-state index in [0.29, 0.717) is 12.5 Å². The van der Waals surface area contributed by atoms with Gasteiger partial charge in [0.1, 0.15) is 0 Å². The largest absolute Gasteiger partial charge is 0.394 e. The third kappa shape index (κ3) is 4.53. The monoisotopic (exact) mass is 291 g/mol. The van der Waals surface area contributed by atoms with Crippen molar-refractivity contribution in [2.45, 2.75) is 52.4 Å². The molecule has 3 atom stereocenters. The summed E-state index contributed by atoms with van der Waals surface area (Å²) >= 11 is 0. The Morgan fingerprint density at radius 1 is 1.33 bits per heavy atom. The molecule has 0 spiro atoms. The van der Waals surface area contributed by atoms with Gasteiger partial charge in [-0.2, -0.15) is 0 Å². The van der Waals surface area contributed by atoms with Gasteiger partial charge in [0.05, 0.1) is 19.3 Å². The van der Waals surface area contributed by atoms with Gasteiger partial charge >= 0.3 is 0 Å². The molecule has 0 unspecified atom stereocenters. The second kappa shape index (κ2) is 7.39. The van der Waals surface area contributed by atoms with E-state index in [2.05, 4.69) is 38.2 Å². The molecule has 1 aromatic rings. The van der Waals surface area contributed by atoms with Gasteiger partial charge in [0.15, 0.2) is 0 Å². The summed E-state index contributed by atoms with van der Waals surface area (Å²) in [7, 11) is 0. The lowest BCUT2D eigenvalue weighted by Gasteiger charge is -2.38. The lowest BCUT2D eigenvalue weighted by molar-refractivity contribution is -0.0455. The molecule has 1 aliphatic rings. The lowest BCUT2D eigenvalue weighted by Crippen LogP contribution is -2.51. The van der Waals surface area contributed by atoms with Gasteiger partial charge in [-0.25, -0.2) is 0 Å². The summed E-state index contributed by atoms with van der Waals surface area (Å²) in [5.41, 5.74) is 1.28. The molecule has 0 aliphatic carbocycles. The molecular weight excluding hydrogens is 262 g/mol. The zero-order valence-corrected chi connectivity index (χ0v) is 13.5. The molecule has 2 N–H and O–H groups in total. The Kier molecular flexibility index (Phi) is 5.80. The second-order valence-electron chi connectivity index (χ2n) is 7.04. The van der Waals surface area contributed by atoms with E-state index in [0.717, 1.165) is 18.5 Å². The summed E-state index contributed by atoms with van der Waals surface area (Å²) < 4.78 is 6.03. The van der Waals surface area contributed by atoms with E-state index < -0.39 is 0 Å². The van der Waals surface area contributed by atoms with Crippen molar-refractivity contribution in [3.8, 4) is 0 Å². The van der Waals surface area contributed by atoms with Crippen molar-refractivity contribution >= 4 is 0 Å². The standard InChI is InChI=1S/C18H29NO2/c1-14-9-10-18(2,3)17(19-11-14)16(12-20)21-13-15-7-5-4-6-8-15/h4-8,14,16-17,19-20H,9-13H2,1-3H3/t14-,16+,17-/m0/s1.